The smallest absolute Gasteiger partial charge is 0.254 e. The molecular formula is C16H19NO3S. The molecule has 0 aliphatic carbocycles. The molecule has 0 aliphatic rings. The largest absolute Gasteiger partial charge is 0.466 e. The van der Waals surface area contributed by atoms with Gasteiger partial charge in [0.05, 0.1) is 11.7 Å². The van der Waals surface area contributed by atoms with Gasteiger partial charge in [-0.1, -0.05) is 12.1 Å². The molecule has 1 atom stereocenters. The van der Waals surface area contributed by atoms with Gasteiger partial charge in [-0.25, -0.2) is 0 Å². The summed E-state index contributed by atoms with van der Waals surface area (Å²) in [6, 6.07) is 9.35. The van der Waals surface area contributed by atoms with Crippen LogP contribution >= 0.6 is 11.8 Å². The minimum absolute atomic E-state index is 0.168. The molecule has 5 heteroatoms. The van der Waals surface area contributed by atoms with Crippen LogP contribution in [0, 0.1) is 13.8 Å². The van der Waals surface area contributed by atoms with Crippen LogP contribution in [-0.2, 0) is 0 Å². The summed E-state index contributed by atoms with van der Waals surface area (Å²) >= 11 is 1.65. The second kappa shape index (κ2) is 6.83. The lowest BCUT2D eigenvalue weighted by Gasteiger charge is -2.12. The second-order valence-corrected chi connectivity index (χ2v) is 5.71. The Hall–Kier alpha value is -1.72. The summed E-state index contributed by atoms with van der Waals surface area (Å²) in [5.41, 5.74) is 1.30. The van der Waals surface area contributed by atoms with Crippen molar-refractivity contribution in [1.82, 2.24) is 5.32 Å². The van der Waals surface area contributed by atoms with Gasteiger partial charge in [-0.3, -0.25) is 4.79 Å². The third kappa shape index (κ3) is 3.89. The van der Waals surface area contributed by atoms with Gasteiger partial charge in [-0.05, 0) is 43.9 Å². The molecule has 0 spiro atoms. The number of carbonyl (C=O) groups excluding carboxylic acids is 1. The molecule has 0 aliphatic heterocycles. The van der Waals surface area contributed by atoms with Gasteiger partial charge in [0.25, 0.3) is 5.91 Å². The summed E-state index contributed by atoms with van der Waals surface area (Å²) in [4.78, 5) is 13.2. The molecule has 1 aromatic heterocycles. The van der Waals surface area contributed by atoms with Crippen LogP contribution in [-0.4, -0.2) is 23.8 Å². The van der Waals surface area contributed by atoms with E-state index in [4.69, 9.17) is 4.42 Å². The number of benzene rings is 1. The van der Waals surface area contributed by atoms with E-state index >= 15 is 0 Å². The normalized spacial score (nSPS) is 12.2. The van der Waals surface area contributed by atoms with E-state index in [-0.39, 0.29) is 12.5 Å². The Morgan fingerprint density at radius 1 is 1.33 bits per heavy atom. The zero-order valence-corrected chi connectivity index (χ0v) is 13.2. The van der Waals surface area contributed by atoms with Crippen LogP contribution in [0.5, 0.6) is 0 Å². The zero-order valence-electron chi connectivity index (χ0n) is 12.3. The Morgan fingerprint density at radius 2 is 2.00 bits per heavy atom. The molecule has 1 amide bonds. The molecule has 2 N–H and O–H groups in total. The average molecular weight is 305 g/mol. The summed E-state index contributed by atoms with van der Waals surface area (Å²) in [6.07, 6.45) is 1.28. The number of aliphatic hydroxyl groups excluding tert-OH is 1. The molecule has 1 aromatic carbocycles. The minimum atomic E-state index is -0.724. The molecule has 0 bridgehead atoms. The first-order chi connectivity index (χ1) is 10.0. The van der Waals surface area contributed by atoms with Crippen molar-refractivity contribution < 1.29 is 14.3 Å². The first-order valence-corrected chi connectivity index (χ1v) is 7.91. The molecule has 0 radical (unpaired) electrons. The van der Waals surface area contributed by atoms with Crippen LogP contribution in [0.2, 0.25) is 0 Å². The van der Waals surface area contributed by atoms with E-state index in [2.05, 4.69) is 5.32 Å². The number of furan rings is 1. The van der Waals surface area contributed by atoms with Crippen LogP contribution in [0.25, 0.3) is 0 Å². The van der Waals surface area contributed by atoms with Crippen LogP contribution in [0.15, 0.2) is 39.6 Å². The lowest BCUT2D eigenvalue weighted by Crippen LogP contribution is -2.28. The van der Waals surface area contributed by atoms with Crippen molar-refractivity contribution in [2.75, 3.05) is 12.8 Å². The van der Waals surface area contributed by atoms with E-state index in [1.807, 2.05) is 30.5 Å². The van der Waals surface area contributed by atoms with E-state index in [9.17, 15) is 9.90 Å². The lowest BCUT2D eigenvalue weighted by molar-refractivity contribution is 0.0915. The van der Waals surface area contributed by atoms with Crippen molar-refractivity contribution in [3.63, 3.8) is 0 Å². The van der Waals surface area contributed by atoms with Crippen molar-refractivity contribution in [1.29, 1.82) is 0 Å². The number of aryl methyl sites for hydroxylation is 2. The van der Waals surface area contributed by atoms with Gasteiger partial charge >= 0.3 is 0 Å². The van der Waals surface area contributed by atoms with Gasteiger partial charge in [0.2, 0.25) is 0 Å². The molecule has 0 unspecified atom stereocenters. The number of hydrogen-bond donors (Lipinski definition) is 2. The molecular weight excluding hydrogens is 286 g/mol. The maximum absolute atomic E-state index is 12.0. The number of nitrogens with one attached hydrogen (secondary N) is 1. The fourth-order valence-corrected chi connectivity index (χ4v) is 2.49. The summed E-state index contributed by atoms with van der Waals surface area (Å²) < 4.78 is 5.33. The Morgan fingerprint density at radius 3 is 2.52 bits per heavy atom. The van der Waals surface area contributed by atoms with Crippen LogP contribution in [0.1, 0.15) is 33.5 Å². The van der Waals surface area contributed by atoms with E-state index in [1.165, 1.54) is 0 Å². The lowest BCUT2D eigenvalue weighted by atomic mass is 10.1. The van der Waals surface area contributed by atoms with E-state index in [0.717, 1.165) is 10.5 Å². The standard InChI is InChI=1S/C16H19NO3S/c1-10-8-14(11(2)20-10)16(19)17-9-15(18)12-4-6-13(21-3)7-5-12/h4-8,15,18H,9H2,1-3H3,(H,17,19)/t15-/m1/s1. The quantitative estimate of drug-likeness (QED) is 0.833. The maximum atomic E-state index is 12.0. The Bertz CT molecular complexity index is 619. The Balaban J connectivity index is 1.95. The topological polar surface area (TPSA) is 62.5 Å². The summed E-state index contributed by atoms with van der Waals surface area (Å²) in [5.74, 6) is 1.05. The van der Waals surface area contributed by atoms with Crippen LogP contribution in [0.3, 0.4) is 0 Å². The van der Waals surface area contributed by atoms with Crippen LogP contribution in [0.4, 0.5) is 0 Å². The number of amides is 1. The third-order valence-corrected chi connectivity index (χ3v) is 3.99. The molecule has 112 valence electrons. The highest BCUT2D eigenvalue weighted by molar-refractivity contribution is 7.98. The number of carbonyl (C=O) groups is 1. The predicted molar refractivity (Wildman–Crippen MR) is 83.7 cm³/mol. The van der Waals surface area contributed by atoms with E-state index in [1.54, 1.807) is 31.7 Å². The van der Waals surface area contributed by atoms with Crippen LogP contribution < -0.4 is 5.32 Å². The molecule has 21 heavy (non-hydrogen) atoms. The van der Waals surface area contributed by atoms with E-state index < -0.39 is 6.10 Å². The molecule has 0 fully saturated rings. The van der Waals surface area contributed by atoms with Gasteiger partial charge in [0.1, 0.15) is 11.5 Å². The fraction of sp³-hybridized carbons (Fsp3) is 0.312. The van der Waals surface area contributed by atoms with Gasteiger partial charge in [-0.2, -0.15) is 0 Å². The van der Waals surface area contributed by atoms with Gasteiger partial charge in [-0.15, -0.1) is 11.8 Å². The number of aliphatic hydroxyl groups is 1. The molecule has 2 rings (SSSR count). The highest BCUT2D eigenvalue weighted by Crippen LogP contribution is 2.19. The number of hydrogen-bond acceptors (Lipinski definition) is 4. The summed E-state index contributed by atoms with van der Waals surface area (Å²) in [6.45, 7) is 3.71. The Labute approximate surface area is 128 Å². The van der Waals surface area contributed by atoms with Crippen molar-refractivity contribution in [2.45, 2.75) is 24.8 Å². The fourth-order valence-electron chi connectivity index (χ4n) is 2.08. The highest BCUT2D eigenvalue weighted by Gasteiger charge is 2.15. The predicted octanol–water partition coefficient (Wildman–Crippen LogP) is 3.08. The third-order valence-electron chi connectivity index (χ3n) is 3.24. The van der Waals surface area contributed by atoms with Gasteiger partial charge in [0.15, 0.2) is 0 Å². The molecule has 1 heterocycles. The number of thioether (sulfide) groups is 1. The first-order valence-electron chi connectivity index (χ1n) is 6.68. The Kier molecular flexibility index (Phi) is 5.09. The van der Waals surface area contributed by atoms with Crippen molar-refractivity contribution in [3.8, 4) is 0 Å². The number of rotatable bonds is 5. The van der Waals surface area contributed by atoms with Crippen molar-refractivity contribution >= 4 is 17.7 Å². The van der Waals surface area contributed by atoms with Crippen molar-refractivity contribution in [2.24, 2.45) is 0 Å². The van der Waals surface area contributed by atoms with E-state index in [0.29, 0.717) is 17.1 Å². The monoisotopic (exact) mass is 305 g/mol. The minimum Gasteiger partial charge on any atom is -0.466 e. The van der Waals surface area contributed by atoms with Crippen molar-refractivity contribution in [3.05, 3.63) is 53.0 Å². The molecule has 2 aromatic rings. The molecule has 0 saturated heterocycles. The second-order valence-electron chi connectivity index (χ2n) is 4.83. The molecule has 4 nitrogen and oxygen atoms in total. The summed E-state index contributed by atoms with van der Waals surface area (Å²) in [7, 11) is 0. The summed E-state index contributed by atoms with van der Waals surface area (Å²) in [5, 5.41) is 12.8. The molecule has 0 saturated carbocycles. The SMILES string of the molecule is CSc1ccc([C@H](O)CNC(=O)c2cc(C)oc2C)cc1. The average Bonchev–Trinajstić information content (AvgIpc) is 2.83. The van der Waals surface area contributed by atoms with Gasteiger partial charge in [0, 0.05) is 11.4 Å². The van der Waals surface area contributed by atoms with Gasteiger partial charge < -0.3 is 14.8 Å². The first kappa shape index (κ1) is 15.7. The highest BCUT2D eigenvalue weighted by atomic mass is 32.2. The zero-order chi connectivity index (χ0) is 15.4. The maximum Gasteiger partial charge on any atom is 0.254 e.